The molecule has 0 aliphatic carbocycles. The molecular formula is C23H30N2O5S. The van der Waals surface area contributed by atoms with E-state index in [4.69, 9.17) is 9.47 Å². The zero-order valence-corrected chi connectivity index (χ0v) is 19.0. The highest BCUT2D eigenvalue weighted by molar-refractivity contribution is 7.89. The second-order valence-electron chi connectivity index (χ2n) is 7.60. The number of hydrogen-bond acceptors (Lipinski definition) is 5. The normalized spacial score (nSPS) is 18.2. The molecule has 0 unspecified atom stereocenters. The molecule has 1 aliphatic rings. The molecule has 1 heterocycles. The summed E-state index contributed by atoms with van der Waals surface area (Å²) in [4.78, 5) is 13.3. The highest BCUT2D eigenvalue weighted by Gasteiger charge is 2.33. The van der Waals surface area contributed by atoms with Gasteiger partial charge in [0.15, 0.2) is 11.5 Å². The van der Waals surface area contributed by atoms with Crippen molar-refractivity contribution in [2.75, 3.05) is 27.3 Å². The molecule has 8 heteroatoms. The number of nitrogens with one attached hydrogen (secondary N) is 1. The Morgan fingerprint density at radius 2 is 1.84 bits per heavy atom. The summed E-state index contributed by atoms with van der Waals surface area (Å²) in [5, 5.41) is 3.10. The van der Waals surface area contributed by atoms with Gasteiger partial charge in [-0.1, -0.05) is 31.2 Å². The van der Waals surface area contributed by atoms with E-state index in [1.165, 1.54) is 4.31 Å². The van der Waals surface area contributed by atoms with Crippen molar-refractivity contribution in [3.05, 3.63) is 54.1 Å². The van der Waals surface area contributed by atoms with Gasteiger partial charge in [0.25, 0.3) is 0 Å². The van der Waals surface area contributed by atoms with E-state index in [2.05, 4.69) is 5.32 Å². The van der Waals surface area contributed by atoms with E-state index >= 15 is 0 Å². The number of amides is 1. The van der Waals surface area contributed by atoms with E-state index in [1.807, 2.05) is 25.1 Å². The van der Waals surface area contributed by atoms with Crippen LogP contribution in [-0.2, 0) is 14.8 Å². The number of hydrogen-bond donors (Lipinski definition) is 1. The summed E-state index contributed by atoms with van der Waals surface area (Å²) in [7, 11) is -0.456. The van der Waals surface area contributed by atoms with Crippen LogP contribution in [-0.4, -0.2) is 45.9 Å². The van der Waals surface area contributed by atoms with Gasteiger partial charge in [-0.25, -0.2) is 8.42 Å². The number of carbonyl (C=O) groups excluding carboxylic acids is 1. The first-order valence-corrected chi connectivity index (χ1v) is 11.9. The maximum atomic E-state index is 13.0. The van der Waals surface area contributed by atoms with Crippen molar-refractivity contribution in [3.8, 4) is 11.5 Å². The molecule has 168 valence electrons. The lowest BCUT2D eigenvalue weighted by molar-refractivity contribution is -0.126. The van der Waals surface area contributed by atoms with Crippen LogP contribution < -0.4 is 14.8 Å². The number of benzene rings is 2. The fourth-order valence-electron chi connectivity index (χ4n) is 3.90. The molecule has 31 heavy (non-hydrogen) atoms. The molecule has 0 spiro atoms. The van der Waals surface area contributed by atoms with Gasteiger partial charge in [0.2, 0.25) is 15.9 Å². The third-order valence-electron chi connectivity index (χ3n) is 5.67. The number of ether oxygens (including phenoxy) is 2. The van der Waals surface area contributed by atoms with Crippen LogP contribution in [0.2, 0.25) is 0 Å². The van der Waals surface area contributed by atoms with E-state index in [-0.39, 0.29) is 29.3 Å². The second kappa shape index (κ2) is 10.2. The van der Waals surface area contributed by atoms with Gasteiger partial charge in [-0.05, 0) is 49.1 Å². The van der Waals surface area contributed by atoms with Crippen molar-refractivity contribution < 1.29 is 22.7 Å². The standard InChI is InChI=1S/C23H30N2O5S/c1-4-20(17-12-13-21(29-2)22(15-17)30-3)24-23(26)18-9-8-14-25(16-18)31(27,28)19-10-6-5-7-11-19/h5-7,10-13,15,18,20H,4,8-9,14,16H2,1-3H3,(H,24,26)/t18-,20+/m1/s1. The van der Waals surface area contributed by atoms with Crippen LogP contribution in [0.1, 0.15) is 37.8 Å². The highest BCUT2D eigenvalue weighted by Crippen LogP contribution is 2.31. The Bertz CT molecular complexity index is 994. The SMILES string of the molecule is CC[C@H](NC(=O)[C@@H]1CCCN(S(=O)(=O)c2ccccc2)C1)c1ccc(OC)c(OC)c1. The molecule has 1 N–H and O–H groups in total. The number of methoxy groups -OCH3 is 2. The van der Waals surface area contributed by atoms with Crippen LogP contribution >= 0.6 is 0 Å². The van der Waals surface area contributed by atoms with Gasteiger partial charge >= 0.3 is 0 Å². The second-order valence-corrected chi connectivity index (χ2v) is 9.54. The van der Waals surface area contributed by atoms with E-state index in [0.717, 1.165) is 5.56 Å². The number of rotatable bonds is 8. The monoisotopic (exact) mass is 446 g/mol. The van der Waals surface area contributed by atoms with Crippen molar-refractivity contribution in [2.45, 2.75) is 37.1 Å². The molecule has 0 bridgehead atoms. The predicted octanol–water partition coefficient (Wildman–Crippen LogP) is 3.37. The zero-order chi connectivity index (χ0) is 22.4. The van der Waals surface area contributed by atoms with Crippen molar-refractivity contribution in [3.63, 3.8) is 0 Å². The minimum Gasteiger partial charge on any atom is -0.493 e. The van der Waals surface area contributed by atoms with Gasteiger partial charge in [0.05, 0.1) is 31.1 Å². The molecule has 0 aromatic heterocycles. The first-order valence-electron chi connectivity index (χ1n) is 10.5. The third-order valence-corrected chi connectivity index (χ3v) is 7.55. The van der Waals surface area contributed by atoms with Gasteiger partial charge < -0.3 is 14.8 Å². The van der Waals surface area contributed by atoms with E-state index in [0.29, 0.717) is 37.3 Å². The van der Waals surface area contributed by atoms with Gasteiger partial charge in [0.1, 0.15) is 0 Å². The maximum absolute atomic E-state index is 13.0. The van der Waals surface area contributed by atoms with Crippen molar-refractivity contribution in [1.82, 2.24) is 9.62 Å². The van der Waals surface area contributed by atoms with Crippen molar-refractivity contribution >= 4 is 15.9 Å². The van der Waals surface area contributed by atoms with Gasteiger partial charge in [-0.2, -0.15) is 4.31 Å². The van der Waals surface area contributed by atoms with Crippen molar-refractivity contribution in [2.24, 2.45) is 5.92 Å². The number of carbonyl (C=O) groups is 1. The molecule has 2 aromatic carbocycles. The molecule has 1 saturated heterocycles. The smallest absolute Gasteiger partial charge is 0.243 e. The lowest BCUT2D eigenvalue weighted by atomic mass is 9.97. The van der Waals surface area contributed by atoms with Crippen LogP contribution in [0.25, 0.3) is 0 Å². The summed E-state index contributed by atoms with van der Waals surface area (Å²) in [5.41, 5.74) is 0.915. The summed E-state index contributed by atoms with van der Waals surface area (Å²) in [6, 6.07) is 13.7. The maximum Gasteiger partial charge on any atom is 0.243 e. The zero-order valence-electron chi connectivity index (χ0n) is 18.2. The molecule has 0 saturated carbocycles. The van der Waals surface area contributed by atoms with Crippen LogP contribution in [0.3, 0.4) is 0 Å². The molecule has 1 fully saturated rings. The van der Waals surface area contributed by atoms with Gasteiger partial charge in [-0.3, -0.25) is 4.79 Å². The largest absolute Gasteiger partial charge is 0.493 e. The molecule has 0 radical (unpaired) electrons. The molecule has 1 aliphatic heterocycles. The minimum atomic E-state index is -3.61. The Labute approximate surface area is 184 Å². The summed E-state index contributed by atoms with van der Waals surface area (Å²) in [5.74, 6) is 0.711. The Hall–Kier alpha value is -2.58. The molecular weight excluding hydrogens is 416 g/mol. The van der Waals surface area contributed by atoms with Gasteiger partial charge in [0, 0.05) is 13.1 Å². The average molecular weight is 447 g/mol. The summed E-state index contributed by atoms with van der Waals surface area (Å²) < 4.78 is 38.0. The number of nitrogens with zero attached hydrogens (tertiary/aromatic N) is 1. The Morgan fingerprint density at radius 1 is 1.13 bits per heavy atom. The summed E-state index contributed by atoms with van der Waals surface area (Å²) in [6.45, 7) is 2.61. The van der Waals surface area contributed by atoms with Crippen LogP contribution in [0, 0.1) is 5.92 Å². The summed E-state index contributed by atoms with van der Waals surface area (Å²) in [6.07, 6.45) is 2.01. The molecule has 2 atom stereocenters. The number of sulfonamides is 1. The molecule has 1 amide bonds. The first-order chi connectivity index (χ1) is 14.9. The number of piperidine rings is 1. The lowest BCUT2D eigenvalue weighted by Gasteiger charge is -2.32. The molecule has 3 rings (SSSR count). The van der Waals surface area contributed by atoms with Crippen molar-refractivity contribution in [1.29, 1.82) is 0 Å². The lowest BCUT2D eigenvalue weighted by Crippen LogP contribution is -2.46. The Morgan fingerprint density at radius 3 is 2.48 bits per heavy atom. The highest BCUT2D eigenvalue weighted by atomic mass is 32.2. The Kier molecular flexibility index (Phi) is 7.56. The fraction of sp³-hybridized carbons (Fsp3) is 0.435. The third kappa shape index (κ3) is 5.19. The first kappa shape index (κ1) is 23.1. The quantitative estimate of drug-likeness (QED) is 0.672. The Balaban J connectivity index is 1.72. The van der Waals surface area contributed by atoms with E-state index in [1.54, 1.807) is 44.6 Å². The van der Waals surface area contributed by atoms with E-state index < -0.39 is 10.0 Å². The van der Waals surface area contributed by atoms with E-state index in [9.17, 15) is 13.2 Å². The minimum absolute atomic E-state index is 0.130. The molecule has 2 aromatic rings. The van der Waals surface area contributed by atoms with Crippen LogP contribution in [0.15, 0.2) is 53.4 Å². The molecule has 7 nitrogen and oxygen atoms in total. The predicted molar refractivity (Wildman–Crippen MR) is 119 cm³/mol. The van der Waals surface area contributed by atoms with Crippen LogP contribution in [0.4, 0.5) is 0 Å². The van der Waals surface area contributed by atoms with Gasteiger partial charge in [-0.15, -0.1) is 0 Å². The summed E-state index contributed by atoms with van der Waals surface area (Å²) >= 11 is 0. The van der Waals surface area contributed by atoms with Crippen LogP contribution in [0.5, 0.6) is 11.5 Å². The average Bonchev–Trinajstić information content (AvgIpc) is 2.82. The fourth-order valence-corrected chi connectivity index (χ4v) is 5.44. The topological polar surface area (TPSA) is 84.9 Å².